The molecule has 0 spiro atoms. The quantitative estimate of drug-likeness (QED) is 0.362. The molecule has 1 rings (SSSR count). The lowest BCUT2D eigenvalue weighted by Gasteiger charge is -2.07. The Morgan fingerprint density at radius 3 is 2.74 bits per heavy atom. The first-order valence-corrected chi connectivity index (χ1v) is 5.03. The van der Waals surface area contributed by atoms with Crippen molar-refractivity contribution in [1.29, 1.82) is 0 Å². The number of benzene rings is 1. The Kier molecular flexibility index (Phi) is 4.91. The highest BCUT2D eigenvalue weighted by atomic mass is 19.2. The number of carbonyl (C=O) groups is 1. The van der Waals surface area contributed by atoms with Crippen molar-refractivity contribution < 1.29 is 18.5 Å². The number of nitro groups is 1. The summed E-state index contributed by atoms with van der Waals surface area (Å²) in [5.74, 6) is -1.35. The molecular formula is C11H9F2N3O3. The van der Waals surface area contributed by atoms with Gasteiger partial charge in [-0.05, 0) is 6.07 Å². The number of anilines is 1. The van der Waals surface area contributed by atoms with Crippen molar-refractivity contribution in [2.45, 2.75) is 0 Å². The van der Waals surface area contributed by atoms with Crippen LogP contribution in [0.4, 0.5) is 20.2 Å². The number of hydrogen-bond acceptors (Lipinski definition) is 4. The van der Waals surface area contributed by atoms with E-state index >= 15 is 0 Å². The number of amides is 1. The minimum atomic E-state index is -1.49. The highest BCUT2D eigenvalue weighted by molar-refractivity contribution is 5.94. The number of carbonyl (C=O) groups excluding carboxylic acids is 1. The van der Waals surface area contributed by atoms with Crippen LogP contribution in [-0.4, -0.2) is 23.9 Å². The van der Waals surface area contributed by atoms with E-state index in [1.165, 1.54) is 0 Å². The van der Waals surface area contributed by atoms with Crippen molar-refractivity contribution in [2.24, 2.45) is 0 Å². The molecule has 0 radical (unpaired) electrons. The van der Waals surface area contributed by atoms with Gasteiger partial charge in [0.05, 0.1) is 18.0 Å². The number of rotatable bonds is 5. The highest BCUT2D eigenvalue weighted by Gasteiger charge is 2.23. The second-order valence-corrected chi connectivity index (χ2v) is 3.37. The third kappa shape index (κ3) is 3.72. The Morgan fingerprint density at radius 2 is 2.16 bits per heavy atom. The van der Waals surface area contributed by atoms with E-state index in [4.69, 9.17) is 6.42 Å². The molecule has 1 aromatic rings. The molecule has 0 aliphatic heterocycles. The Hall–Kier alpha value is -2.53. The summed E-state index contributed by atoms with van der Waals surface area (Å²) in [6.07, 6.45) is 4.93. The topological polar surface area (TPSA) is 84.3 Å². The van der Waals surface area contributed by atoms with Gasteiger partial charge in [-0.2, -0.15) is 0 Å². The molecular weight excluding hydrogens is 260 g/mol. The molecule has 0 bridgehead atoms. The fourth-order valence-corrected chi connectivity index (χ4v) is 1.24. The molecule has 0 aliphatic carbocycles. The number of nitro benzene ring substituents is 1. The number of nitrogens with zero attached hydrogens (tertiary/aromatic N) is 1. The molecule has 2 N–H and O–H groups in total. The van der Waals surface area contributed by atoms with Crippen LogP contribution in [0.2, 0.25) is 0 Å². The first kappa shape index (κ1) is 14.5. The Bertz CT molecular complexity index is 555. The van der Waals surface area contributed by atoms with Gasteiger partial charge >= 0.3 is 0 Å². The molecule has 0 aromatic heterocycles. The SMILES string of the molecule is C#CCNCC(=O)Nc1c([N+](=O)[O-])ccc(F)c1F. The monoisotopic (exact) mass is 269 g/mol. The van der Waals surface area contributed by atoms with Crippen molar-refractivity contribution in [3.8, 4) is 12.3 Å². The summed E-state index contributed by atoms with van der Waals surface area (Å²) in [5.41, 5.74) is -1.54. The molecule has 0 heterocycles. The van der Waals surface area contributed by atoms with Crippen LogP contribution in [-0.2, 0) is 4.79 Å². The van der Waals surface area contributed by atoms with Gasteiger partial charge in [0.15, 0.2) is 17.3 Å². The first-order chi connectivity index (χ1) is 8.97. The van der Waals surface area contributed by atoms with Crippen LogP contribution < -0.4 is 10.6 Å². The minimum absolute atomic E-state index is 0.0984. The van der Waals surface area contributed by atoms with E-state index in [0.29, 0.717) is 6.07 Å². The van der Waals surface area contributed by atoms with E-state index in [0.717, 1.165) is 6.07 Å². The Balaban J connectivity index is 2.93. The highest BCUT2D eigenvalue weighted by Crippen LogP contribution is 2.28. The first-order valence-electron chi connectivity index (χ1n) is 5.03. The third-order valence-electron chi connectivity index (χ3n) is 2.05. The zero-order valence-corrected chi connectivity index (χ0v) is 9.57. The fourth-order valence-electron chi connectivity index (χ4n) is 1.24. The van der Waals surface area contributed by atoms with E-state index in [-0.39, 0.29) is 13.1 Å². The molecule has 0 aliphatic rings. The van der Waals surface area contributed by atoms with Gasteiger partial charge in [-0.1, -0.05) is 5.92 Å². The van der Waals surface area contributed by atoms with Gasteiger partial charge in [-0.15, -0.1) is 6.42 Å². The molecule has 19 heavy (non-hydrogen) atoms. The fraction of sp³-hybridized carbons (Fsp3) is 0.182. The van der Waals surface area contributed by atoms with Crippen molar-refractivity contribution in [2.75, 3.05) is 18.4 Å². The molecule has 6 nitrogen and oxygen atoms in total. The summed E-state index contributed by atoms with van der Waals surface area (Å²) >= 11 is 0. The molecule has 0 saturated heterocycles. The van der Waals surface area contributed by atoms with Crippen LogP contribution in [0, 0.1) is 34.1 Å². The summed E-state index contributed by atoms with van der Waals surface area (Å²) in [6.45, 7) is -0.182. The van der Waals surface area contributed by atoms with Gasteiger partial charge in [0.2, 0.25) is 5.91 Å². The summed E-state index contributed by atoms with van der Waals surface area (Å²) in [6, 6.07) is 1.38. The van der Waals surface area contributed by atoms with Gasteiger partial charge in [-0.3, -0.25) is 20.2 Å². The van der Waals surface area contributed by atoms with E-state index in [1.807, 2.05) is 5.32 Å². The average Bonchev–Trinajstić information content (AvgIpc) is 2.35. The standard InChI is InChI=1S/C11H9F2N3O3/c1-2-5-14-6-9(17)15-11-8(16(18)19)4-3-7(12)10(11)13/h1,3-4,14H,5-6H2,(H,15,17). The van der Waals surface area contributed by atoms with E-state index < -0.39 is 33.8 Å². The van der Waals surface area contributed by atoms with Crippen molar-refractivity contribution >= 4 is 17.3 Å². The second-order valence-electron chi connectivity index (χ2n) is 3.37. The summed E-state index contributed by atoms with van der Waals surface area (Å²) in [4.78, 5) is 21.1. The van der Waals surface area contributed by atoms with Crippen LogP contribution in [0.1, 0.15) is 0 Å². The minimum Gasteiger partial charge on any atom is -0.317 e. The molecule has 1 amide bonds. The van der Waals surface area contributed by atoms with Crippen LogP contribution in [0.15, 0.2) is 12.1 Å². The van der Waals surface area contributed by atoms with Gasteiger partial charge < -0.3 is 5.32 Å². The molecule has 0 unspecified atom stereocenters. The number of nitrogens with one attached hydrogen (secondary N) is 2. The Morgan fingerprint density at radius 1 is 1.47 bits per heavy atom. The maximum Gasteiger partial charge on any atom is 0.296 e. The smallest absolute Gasteiger partial charge is 0.296 e. The maximum atomic E-state index is 13.4. The largest absolute Gasteiger partial charge is 0.317 e. The predicted molar refractivity (Wildman–Crippen MR) is 63.3 cm³/mol. The molecule has 0 fully saturated rings. The van der Waals surface area contributed by atoms with Gasteiger partial charge in [0, 0.05) is 6.07 Å². The molecule has 8 heteroatoms. The average molecular weight is 269 g/mol. The molecule has 100 valence electrons. The molecule has 0 saturated carbocycles. The maximum absolute atomic E-state index is 13.4. The van der Waals surface area contributed by atoms with E-state index in [9.17, 15) is 23.7 Å². The van der Waals surface area contributed by atoms with Crippen LogP contribution in [0.5, 0.6) is 0 Å². The Labute approximate surface area is 107 Å². The zero-order valence-electron chi connectivity index (χ0n) is 9.57. The zero-order chi connectivity index (χ0) is 14.4. The molecule has 1 aromatic carbocycles. The third-order valence-corrected chi connectivity index (χ3v) is 2.05. The summed E-state index contributed by atoms with van der Waals surface area (Å²) in [7, 11) is 0. The lowest BCUT2D eigenvalue weighted by Crippen LogP contribution is -2.29. The van der Waals surface area contributed by atoms with Gasteiger partial charge in [0.1, 0.15) is 0 Å². The summed E-state index contributed by atoms with van der Waals surface area (Å²) < 4.78 is 26.4. The lowest BCUT2D eigenvalue weighted by molar-refractivity contribution is -0.384. The van der Waals surface area contributed by atoms with Crippen molar-refractivity contribution in [3.05, 3.63) is 33.9 Å². The van der Waals surface area contributed by atoms with Crippen LogP contribution in [0.25, 0.3) is 0 Å². The summed E-state index contributed by atoms with van der Waals surface area (Å²) in [5, 5.41) is 15.1. The normalized spacial score (nSPS) is 9.74. The number of terminal acetylenes is 1. The van der Waals surface area contributed by atoms with E-state index in [2.05, 4.69) is 11.2 Å². The van der Waals surface area contributed by atoms with E-state index in [1.54, 1.807) is 0 Å². The predicted octanol–water partition coefficient (Wildman–Crippen LogP) is 1.03. The second kappa shape index (κ2) is 6.42. The van der Waals surface area contributed by atoms with Gasteiger partial charge in [0.25, 0.3) is 5.69 Å². The number of halogens is 2. The molecule has 0 atom stereocenters. The van der Waals surface area contributed by atoms with Crippen molar-refractivity contribution in [1.82, 2.24) is 5.32 Å². The van der Waals surface area contributed by atoms with Crippen LogP contribution >= 0.6 is 0 Å². The van der Waals surface area contributed by atoms with Crippen LogP contribution in [0.3, 0.4) is 0 Å². The number of hydrogen-bond donors (Lipinski definition) is 2. The van der Waals surface area contributed by atoms with Gasteiger partial charge in [-0.25, -0.2) is 8.78 Å². The lowest BCUT2D eigenvalue weighted by atomic mass is 10.2. The van der Waals surface area contributed by atoms with Crippen molar-refractivity contribution in [3.63, 3.8) is 0 Å².